The Morgan fingerprint density at radius 2 is 1.61 bits per heavy atom. The van der Waals surface area contributed by atoms with E-state index in [1.165, 1.54) is 16.2 Å². The Morgan fingerprint density at radius 3 is 2.08 bits per heavy atom. The first-order chi connectivity index (χ1) is 16.5. The van der Waals surface area contributed by atoms with Crippen molar-refractivity contribution in [2.45, 2.75) is 64.0 Å². The smallest absolute Gasteiger partial charge is 0.416 e. The minimum absolute atomic E-state index is 0.0199. The monoisotopic (exact) mass is 536 g/mol. The molecule has 36 heavy (non-hydrogen) atoms. The Kier molecular flexibility index (Phi) is 7.69. The van der Waals surface area contributed by atoms with Gasteiger partial charge < -0.3 is 15.0 Å². The van der Waals surface area contributed by atoms with Gasteiger partial charge in [0.05, 0.1) is 11.1 Å². The van der Waals surface area contributed by atoms with Gasteiger partial charge in [0.2, 0.25) is 0 Å². The maximum absolute atomic E-state index is 13.2. The molecule has 1 aliphatic rings. The summed E-state index contributed by atoms with van der Waals surface area (Å²) in [6, 6.07) is 2.02. The maximum atomic E-state index is 13.2. The van der Waals surface area contributed by atoms with Crippen molar-refractivity contribution < 1.29 is 40.7 Å². The summed E-state index contributed by atoms with van der Waals surface area (Å²) >= 11 is 1.39. The van der Waals surface area contributed by atoms with Crippen molar-refractivity contribution in [1.82, 2.24) is 10.2 Å². The molecule has 2 aromatic rings. The number of ether oxygens (including phenoxy) is 1. The van der Waals surface area contributed by atoms with Crippen LogP contribution in [0.3, 0.4) is 0 Å². The third kappa shape index (κ3) is 6.71. The number of hydrogen-bond donors (Lipinski definition) is 1. The van der Waals surface area contributed by atoms with E-state index in [1.54, 1.807) is 20.8 Å². The van der Waals surface area contributed by atoms with Gasteiger partial charge in [-0.3, -0.25) is 4.79 Å². The zero-order valence-corrected chi connectivity index (χ0v) is 20.8. The van der Waals surface area contributed by atoms with Crippen LogP contribution in [0.1, 0.15) is 65.0 Å². The number of carbonyl (C=O) groups is 2. The summed E-state index contributed by atoms with van der Waals surface area (Å²) in [6.45, 7) is 7.38. The van der Waals surface area contributed by atoms with Gasteiger partial charge in [0.1, 0.15) is 5.60 Å². The number of carbonyl (C=O) groups excluding carboxylic acids is 2. The van der Waals surface area contributed by atoms with Gasteiger partial charge in [-0.25, -0.2) is 4.79 Å². The number of piperidine rings is 1. The van der Waals surface area contributed by atoms with Crippen LogP contribution in [-0.2, 0) is 17.1 Å². The first kappa shape index (κ1) is 27.8. The van der Waals surface area contributed by atoms with Crippen LogP contribution in [-0.4, -0.2) is 41.6 Å². The molecule has 1 aromatic heterocycles. The second kappa shape index (κ2) is 9.95. The number of alkyl halides is 6. The van der Waals surface area contributed by atoms with E-state index >= 15 is 0 Å². The Labute approximate surface area is 208 Å². The summed E-state index contributed by atoms with van der Waals surface area (Å²) in [7, 11) is 0. The van der Waals surface area contributed by atoms with Crippen LogP contribution in [0, 0.1) is 6.92 Å². The number of amides is 2. The molecule has 1 saturated heterocycles. The fraction of sp³-hybridized carbons (Fsp3) is 0.500. The SMILES string of the molecule is Cc1ccsc1[C@@H]1CN(C(=O)OC(C)(C)C)CC[C@H]1NC(=O)c1cc(C(F)(F)F)cc(C(F)(F)F)c1. The molecule has 1 fully saturated rings. The largest absolute Gasteiger partial charge is 0.444 e. The fourth-order valence-corrected chi connectivity index (χ4v) is 5.07. The lowest BCUT2D eigenvalue weighted by Crippen LogP contribution is -2.52. The number of halogens is 6. The number of aryl methyl sites for hydroxylation is 1. The summed E-state index contributed by atoms with van der Waals surface area (Å²) in [5.74, 6) is -1.48. The van der Waals surface area contributed by atoms with E-state index in [1.807, 2.05) is 18.4 Å². The van der Waals surface area contributed by atoms with E-state index in [-0.39, 0.29) is 25.6 Å². The molecule has 0 spiro atoms. The summed E-state index contributed by atoms with van der Waals surface area (Å²) in [5, 5.41) is 4.45. The Balaban J connectivity index is 1.90. The molecule has 0 saturated carbocycles. The number of benzene rings is 1. The van der Waals surface area contributed by atoms with Gasteiger partial charge in [0.25, 0.3) is 5.91 Å². The minimum Gasteiger partial charge on any atom is -0.444 e. The third-order valence-corrected chi connectivity index (χ3v) is 6.82. The highest BCUT2D eigenvalue weighted by Gasteiger charge is 2.39. The Morgan fingerprint density at radius 1 is 1.03 bits per heavy atom. The van der Waals surface area contributed by atoms with Crippen molar-refractivity contribution in [2.24, 2.45) is 0 Å². The molecule has 0 unspecified atom stereocenters. The van der Waals surface area contributed by atoms with Crippen LogP contribution in [0.5, 0.6) is 0 Å². The van der Waals surface area contributed by atoms with Crippen LogP contribution >= 0.6 is 11.3 Å². The van der Waals surface area contributed by atoms with Gasteiger partial charge >= 0.3 is 18.4 Å². The number of likely N-dealkylation sites (tertiary alicyclic amines) is 1. The highest BCUT2D eigenvalue weighted by molar-refractivity contribution is 7.10. The van der Waals surface area contributed by atoms with Gasteiger partial charge in [-0.1, -0.05) is 0 Å². The predicted molar refractivity (Wildman–Crippen MR) is 122 cm³/mol. The molecule has 0 aliphatic carbocycles. The van der Waals surface area contributed by atoms with Crippen LogP contribution in [0.4, 0.5) is 31.1 Å². The summed E-state index contributed by atoms with van der Waals surface area (Å²) in [4.78, 5) is 27.9. The normalized spacial score (nSPS) is 19.2. The third-order valence-electron chi connectivity index (χ3n) is 5.67. The molecule has 198 valence electrons. The van der Waals surface area contributed by atoms with Gasteiger partial charge in [0, 0.05) is 35.5 Å². The van der Waals surface area contributed by atoms with Crippen molar-refractivity contribution in [3.63, 3.8) is 0 Å². The van der Waals surface area contributed by atoms with Crippen molar-refractivity contribution >= 4 is 23.3 Å². The number of nitrogens with zero attached hydrogens (tertiary/aromatic N) is 1. The van der Waals surface area contributed by atoms with Crippen LogP contribution in [0.25, 0.3) is 0 Å². The van der Waals surface area contributed by atoms with Gasteiger partial charge in [-0.05, 0) is 69.3 Å². The Bertz CT molecular complexity index is 1090. The molecule has 2 amide bonds. The fourth-order valence-electron chi connectivity index (χ4n) is 3.98. The summed E-state index contributed by atoms with van der Waals surface area (Å²) in [6.07, 6.45) is -10.4. The van der Waals surface area contributed by atoms with Crippen molar-refractivity contribution in [2.75, 3.05) is 13.1 Å². The summed E-state index contributed by atoms with van der Waals surface area (Å²) < 4.78 is 84.9. The lowest BCUT2D eigenvalue weighted by molar-refractivity contribution is -0.143. The average Bonchev–Trinajstić information content (AvgIpc) is 3.16. The minimum atomic E-state index is -5.06. The van der Waals surface area contributed by atoms with Crippen LogP contribution in [0.15, 0.2) is 29.6 Å². The predicted octanol–water partition coefficient (Wildman–Crippen LogP) is 6.62. The molecule has 5 nitrogen and oxygen atoms in total. The first-order valence-corrected chi connectivity index (χ1v) is 12.0. The molecule has 2 atom stereocenters. The quantitative estimate of drug-likeness (QED) is 0.449. The number of thiophene rings is 1. The molecule has 3 rings (SSSR count). The number of nitrogens with one attached hydrogen (secondary N) is 1. The van der Waals surface area contributed by atoms with Crippen molar-refractivity contribution in [1.29, 1.82) is 0 Å². The Hall–Kier alpha value is -2.76. The topological polar surface area (TPSA) is 58.6 Å². The first-order valence-electron chi connectivity index (χ1n) is 11.1. The lowest BCUT2D eigenvalue weighted by Gasteiger charge is -2.39. The molecular formula is C24H26F6N2O3S. The molecular weight excluding hydrogens is 510 g/mol. The standard InChI is InChI=1S/C24H26F6N2O3S/c1-13-6-8-36-19(13)17-12-32(21(34)35-22(2,3)4)7-5-18(17)31-20(33)14-9-15(23(25,26)27)11-16(10-14)24(28,29)30/h6,8-11,17-18H,5,7,12H2,1-4H3,(H,31,33)/t17-,18-/m1/s1. The van der Waals surface area contributed by atoms with Crippen molar-refractivity contribution in [3.8, 4) is 0 Å². The highest BCUT2D eigenvalue weighted by Crippen LogP contribution is 2.37. The molecule has 2 heterocycles. The molecule has 1 N–H and O–H groups in total. The van der Waals surface area contributed by atoms with E-state index < -0.39 is 58.6 Å². The summed E-state index contributed by atoms with van der Waals surface area (Å²) in [5.41, 5.74) is -3.70. The molecule has 1 aromatic carbocycles. The molecule has 0 bridgehead atoms. The average molecular weight is 537 g/mol. The van der Waals surface area contributed by atoms with Gasteiger partial charge in [0.15, 0.2) is 0 Å². The zero-order valence-electron chi connectivity index (χ0n) is 20.0. The van der Waals surface area contributed by atoms with Crippen LogP contribution in [0.2, 0.25) is 0 Å². The molecule has 1 aliphatic heterocycles. The van der Waals surface area contributed by atoms with E-state index in [0.717, 1.165) is 10.4 Å². The van der Waals surface area contributed by atoms with Gasteiger partial charge in [-0.2, -0.15) is 26.3 Å². The van der Waals surface area contributed by atoms with E-state index in [0.29, 0.717) is 12.1 Å². The molecule has 12 heteroatoms. The zero-order chi connectivity index (χ0) is 27.1. The maximum Gasteiger partial charge on any atom is 0.416 e. The van der Waals surface area contributed by atoms with Gasteiger partial charge in [-0.15, -0.1) is 11.3 Å². The number of rotatable bonds is 3. The second-order valence-corrected chi connectivity index (χ2v) is 10.6. The highest BCUT2D eigenvalue weighted by atomic mass is 32.1. The second-order valence-electron chi connectivity index (χ2n) is 9.66. The van der Waals surface area contributed by atoms with Crippen LogP contribution < -0.4 is 5.32 Å². The van der Waals surface area contributed by atoms with E-state index in [9.17, 15) is 35.9 Å². The van der Waals surface area contributed by atoms with E-state index in [4.69, 9.17) is 4.74 Å². The van der Waals surface area contributed by atoms with Crippen molar-refractivity contribution in [3.05, 3.63) is 56.8 Å². The number of hydrogen-bond acceptors (Lipinski definition) is 4. The molecule has 0 radical (unpaired) electrons. The van der Waals surface area contributed by atoms with E-state index in [2.05, 4.69) is 5.32 Å². The lowest BCUT2D eigenvalue weighted by atomic mass is 9.89.